The summed E-state index contributed by atoms with van der Waals surface area (Å²) in [5.41, 5.74) is 0. The fourth-order valence-electron chi connectivity index (χ4n) is 4.67. The molecule has 0 aromatic heterocycles. The van der Waals surface area contributed by atoms with E-state index in [0.717, 1.165) is 50.4 Å². The molecule has 0 spiro atoms. The second-order valence-electron chi connectivity index (χ2n) is 8.83. The van der Waals surface area contributed by atoms with Gasteiger partial charge in [0.05, 0.1) is 0 Å². The number of rotatable bonds is 9. The van der Waals surface area contributed by atoms with Gasteiger partial charge in [-0.2, -0.15) is 0 Å². The molecule has 2 amide bonds. The number of unbranched alkanes of at least 4 members (excludes halogenated alkanes) is 1. The third-order valence-electron chi connectivity index (χ3n) is 5.98. The summed E-state index contributed by atoms with van der Waals surface area (Å²) in [5.74, 6) is 1.62. The van der Waals surface area contributed by atoms with Crippen LogP contribution in [0.4, 0.5) is 4.79 Å². The van der Waals surface area contributed by atoms with Crippen molar-refractivity contribution in [1.29, 1.82) is 0 Å². The highest BCUT2D eigenvalue weighted by Crippen LogP contribution is 2.20. The van der Waals surface area contributed by atoms with E-state index in [2.05, 4.69) is 41.2 Å². The van der Waals surface area contributed by atoms with Gasteiger partial charge in [0, 0.05) is 32.2 Å². The Morgan fingerprint density at radius 3 is 2.31 bits per heavy atom. The maximum Gasteiger partial charge on any atom is 0.314 e. The van der Waals surface area contributed by atoms with Crippen LogP contribution >= 0.6 is 0 Å². The van der Waals surface area contributed by atoms with Crippen LogP contribution in [0.5, 0.6) is 0 Å². The lowest BCUT2D eigenvalue weighted by molar-refractivity contribution is 0.139. The van der Waals surface area contributed by atoms with Gasteiger partial charge in [-0.15, -0.1) is 0 Å². The first-order chi connectivity index (χ1) is 12.5. The average molecular weight is 367 g/mol. The Balaban J connectivity index is 1.43. The van der Waals surface area contributed by atoms with Gasteiger partial charge in [0.2, 0.25) is 0 Å². The molecular formula is C21H42N4O. The fourth-order valence-corrected chi connectivity index (χ4v) is 4.67. The zero-order valence-corrected chi connectivity index (χ0v) is 17.4. The maximum absolute atomic E-state index is 11.9. The molecule has 2 aliphatic heterocycles. The third-order valence-corrected chi connectivity index (χ3v) is 5.98. The van der Waals surface area contributed by atoms with Crippen molar-refractivity contribution in [3.63, 3.8) is 0 Å². The van der Waals surface area contributed by atoms with Crippen LogP contribution in [0.25, 0.3) is 0 Å². The molecule has 2 heterocycles. The van der Waals surface area contributed by atoms with Gasteiger partial charge in [-0.25, -0.2) is 4.79 Å². The van der Waals surface area contributed by atoms with E-state index in [-0.39, 0.29) is 6.03 Å². The molecule has 2 saturated heterocycles. The Morgan fingerprint density at radius 2 is 1.62 bits per heavy atom. The number of hydrogen-bond acceptors (Lipinski definition) is 3. The third kappa shape index (κ3) is 8.26. The molecule has 0 radical (unpaired) electrons. The summed E-state index contributed by atoms with van der Waals surface area (Å²) < 4.78 is 0. The molecule has 0 aliphatic carbocycles. The van der Waals surface area contributed by atoms with Crippen molar-refractivity contribution >= 4 is 6.03 Å². The Hall–Kier alpha value is -0.810. The van der Waals surface area contributed by atoms with Crippen LogP contribution in [0.15, 0.2) is 0 Å². The number of urea groups is 1. The number of amides is 2. The minimum atomic E-state index is -0.00304. The van der Waals surface area contributed by atoms with E-state index in [9.17, 15) is 4.79 Å². The van der Waals surface area contributed by atoms with Gasteiger partial charge in [-0.05, 0) is 76.9 Å². The number of likely N-dealkylation sites (tertiary alicyclic amines) is 2. The molecule has 0 saturated carbocycles. The molecule has 3 atom stereocenters. The summed E-state index contributed by atoms with van der Waals surface area (Å²) in [6, 6.07) is 0.739. The average Bonchev–Trinajstić information content (AvgIpc) is 2.59. The van der Waals surface area contributed by atoms with Gasteiger partial charge in [0.1, 0.15) is 0 Å². The molecule has 0 aromatic carbocycles. The van der Waals surface area contributed by atoms with E-state index < -0.39 is 0 Å². The van der Waals surface area contributed by atoms with Crippen molar-refractivity contribution in [3.8, 4) is 0 Å². The van der Waals surface area contributed by atoms with Gasteiger partial charge >= 0.3 is 6.03 Å². The van der Waals surface area contributed by atoms with E-state index in [4.69, 9.17) is 0 Å². The van der Waals surface area contributed by atoms with Crippen LogP contribution < -0.4 is 10.6 Å². The van der Waals surface area contributed by atoms with Gasteiger partial charge in [-0.1, -0.05) is 20.3 Å². The van der Waals surface area contributed by atoms with Crippen molar-refractivity contribution in [1.82, 2.24) is 20.4 Å². The van der Waals surface area contributed by atoms with E-state index >= 15 is 0 Å². The lowest BCUT2D eigenvalue weighted by atomic mass is 9.92. The summed E-state index contributed by atoms with van der Waals surface area (Å²) in [4.78, 5) is 17.0. The highest BCUT2D eigenvalue weighted by Gasteiger charge is 2.21. The molecule has 2 N–H and O–H groups in total. The molecule has 152 valence electrons. The minimum absolute atomic E-state index is 0.00304. The van der Waals surface area contributed by atoms with Crippen LogP contribution in [-0.4, -0.2) is 67.7 Å². The normalized spacial score (nSPS) is 28.0. The number of nitrogens with one attached hydrogen (secondary N) is 2. The van der Waals surface area contributed by atoms with E-state index in [1.165, 1.54) is 58.3 Å². The van der Waals surface area contributed by atoms with Crippen molar-refractivity contribution in [2.75, 3.05) is 45.8 Å². The fraction of sp³-hybridized carbons (Fsp3) is 0.952. The second-order valence-corrected chi connectivity index (χ2v) is 8.83. The SMILES string of the molecule is CC1CC(C)CN(CCCNC(=O)NCCCCN2CCCCC2C)C1. The van der Waals surface area contributed by atoms with Gasteiger partial charge in [0.15, 0.2) is 0 Å². The van der Waals surface area contributed by atoms with E-state index in [1.807, 2.05) is 0 Å². The summed E-state index contributed by atoms with van der Waals surface area (Å²) >= 11 is 0. The number of carbonyl (C=O) groups excluding carboxylic acids is 1. The molecule has 2 aliphatic rings. The summed E-state index contributed by atoms with van der Waals surface area (Å²) in [5, 5.41) is 6.01. The smallest absolute Gasteiger partial charge is 0.314 e. The second kappa shape index (κ2) is 11.8. The van der Waals surface area contributed by atoms with Crippen LogP contribution in [0.2, 0.25) is 0 Å². The summed E-state index contributed by atoms with van der Waals surface area (Å²) in [7, 11) is 0. The lowest BCUT2D eigenvalue weighted by Gasteiger charge is -2.34. The zero-order chi connectivity index (χ0) is 18.8. The topological polar surface area (TPSA) is 47.6 Å². The van der Waals surface area contributed by atoms with Gasteiger partial charge in [0.25, 0.3) is 0 Å². The van der Waals surface area contributed by atoms with Crippen LogP contribution in [0.1, 0.15) is 65.7 Å². The first-order valence-corrected chi connectivity index (χ1v) is 11.0. The minimum Gasteiger partial charge on any atom is -0.338 e. The molecule has 0 aromatic rings. The molecule has 26 heavy (non-hydrogen) atoms. The van der Waals surface area contributed by atoms with Crippen LogP contribution in [-0.2, 0) is 0 Å². The Morgan fingerprint density at radius 1 is 0.923 bits per heavy atom. The number of piperidine rings is 2. The van der Waals surface area contributed by atoms with Gasteiger partial charge < -0.3 is 20.4 Å². The van der Waals surface area contributed by atoms with E-state index in [0.29, 0.717) is 0 Å². The first-order valence-electron chi connectivity index (χ1n) is 11.0. The molecule has 2 fully saturated rings. The van der Waals surface area contributed by atoms with Crippen LogP contribution in [0.3, 0.4) is 0 Å². The molecule has 5 heteroatoms. The summed E-state index contributed by atoms with van der Waals surface area (Å²) in [6.45, 7) is 14.6. The standard InChI is InChI=1S/C21H42N4O/c1-18-15-19(2)17-24(16-18)12-8-11-23-21(26)22-10-5-7-14-25-13-6-4-9-20(25)3/h18-20H,4-17H2,1-3H3,(H2,22,23,26). The number of nitrogens with zero attached hydrogens (tertiary/aromatic N) is 2. The zero-order valence-electron chi connectivity index (χ0n) is 17.4. The van der Waals surface area contributed by atoms with Crippen molar-refractivity contribution < 1.29 is 4.79 Å². The molecule has 3 unspecified atom stereocenters. The molecule has 0 bridgehead atoms. The van der Waals surface area contributed by atoms with Crippen molar-refractivity contribution in [3.05, 3.63) is 0 Å². The lowest BCUT2D eigenvalue weighted by Crippen LogP contribution is -2.41. The number of carbonyl (C=O) groups is 1. The van der Waals surface area contributed by atoms with Gasteiger partial charge in [-0.3, -0.25) is 0 Å². The largest absolute Gasteiger partial charge is 0.338 e. The highest BCUT2D eigenvalue weighted by molar-refractivity contribution is 5.73. The summed E-state index contributed by atoms with van der Waals surface area (Å²) in [6.07, 6.45) is 8.72. The Labute approximate surface area is 161 Å². The first kappa shape index (κ1) is 21.5. The Kier molecular flexibility index (Phi) is 9.76. The van der Waals surface area contributed by atoms with E-state index in [1.54, 1.807) is 0 Å². The predicted octanol–water partition coefficient (Wildman–Crippen LogP) is 3.31. The van der Waals surface area contributed by atoms with Crippen molar-refractivity contribution in [2.45, 2.75) is 71.8 Å². The monoisotopic (exact) mass is 366 g/mol. The predicted molar refractivity (Wildman–Crippen MR) is 110 cm³/mol. The number of hydrogen-bond donors (Lipinski definition) is 2. The quantitative estimate of drug-likeness (QED) is 0.616. The van der Waals surface area contributed by atoms with Crippen molar-refractivity contribution in [2.24, 2.45) is 11.8 Å². The Bertz CT molecular complexity index is 393. The molecule has 2 rings (SSSR count). The molecular weight excluding hydrogens is 324 g/mol. The highest BCUT2D eigenvalue weighted by atomic mass is 16.2. The molecule has 5 nitrogen and oxygen atoms in total. The van der Waals surface area contributed by atoms with Crippen LogP contribution in [0, 0.1) is 11.8 Å². The maximum atomic E-state index is 11.9.